The highest BCUT2D eigenvalue weighted by Gasteiger charge is 2.10. The minimum Gasteiger partial charge on any atom is -0.488 e. The average molecular weight is 280 g/mol. The smallest absolute Gasteiger partial charge is 0.131 e. The van der Waals surface area contributed by atoms with Gasteiger partial charge in [-0.05, 0) is 19.5 Å². The van der Waals surface area contributed by atoms with E-state index in [-0.39, 0.29) is 11.9 Å². The summed E-state index contributed by atoms with van der Waals surface area (Å²) >= 11 is 1.52. The molecule has 0 spiro atoms. The van der Waals surface area contributed by atoms with Gasteiger partial charge in [-0.1, -0.05) is 13.0 Å². The van der Waals surface area contributed by atoms with Crippen LogP contribution in [0.5, 0.6) is 5.75 Å². The standard InChI is InChI=1S/C14H17FN2OS/c1-3-17-10(2)13-5-4-11(6-14(13)15)18-8-12-7-16-9-19-12/h4-7,9-10,17H,3,8H2,1-2H3. The van der Waals surface area contributed by atoms with Crippen LogP contribution in [0.25, 0.3) is 0 Å². The van der Waals surface area contributed by atoms with E-state index in [0.717, 1.165) is 11.4 Å². The van der Waals surface area contributed by atoms with E-state index in [1.165, 1.54) is 17.4 Å². The van der Waals surface area contributed by atoms with Crippen molar-refractivity contribution in [3.8, 4) is 5.75 Å². The van der Waals surface area contributed by atoms with Crippen molar-refractivity contribution in [3.05, 3.63) is 46.2 Å². The Bertz CT molecular complexity index is 516. The molecule has 0 saturated heterocycles. The molecule has 0 amide bonds. The number of ether oxygens (including phenoxy) is 1. The normalized spacial score (nSPS) is 12.4. The number of thiazole rings is 1. The Labute approximate surface area is 116 Å². The van der Waals surface area contributed by atoms with Crippen molar-refractivity contribution in [1.29, 1.82) is 0 Å². The zero-order valence-corrected chi connectivity index (χ0v) is 11.8. The van der Waals surface area contributed by atoms with Crippen molar-refractivity contribution in [3.63, 3.8) is 0 Å². The van der Waals surface area contributed by atoms with E-state index in [4.69, 9.17) is 4.74 Å². The number of nitrogens with zero attached hydrogens (tertiary/aromatic N) is 1. The lowest BCUT2D eigenvalue weighted by Gasteiger charge is -2.14. The Kier molecular flexibility index (Phi) is 4.87. The minimum atomic E-state index is -0.241. The Hall–Kier alpha value is -1.46. The summed E-state index contributed by atoms with van der Waals surface area (Å²) in [5.74, 6) is 0.300. The zero-order valence-electron chi connectivity index (χ0n) is 11.0. The summed E-state index contributed by atoms with van der Waals surface area (Å²) in [5.41, 5.74) is 2.41. The average Bonchev–Trinajstić information content (AvgIpc) is 2.89. The molecule has 1 N–H and O–H groups in total. The van der Waals surface area contributed by atoms with Gasteiger partial charge in [0.15, 0.2) is 0 Å². The maximum Gasteiger partial charge on any atom is 0.131 e. The largest absolute Gasteiger partial charge is 0.488 e. The summed E-state index contributed by atoms with van der Waals surface area (Å²) in [7, 11) is 0. The van der Waals surface area contributed by atoms with Gasteiger partial charge >= 0.3 is 0 Å². The summed E-state index contributed by atoms with van der Waals surface area (Å²) in [6.07, 6.45) is 1.75. The highest BCUT2D eigenvalue weighted by Crippen LogP contribution is 2.22. The van der Waals surface area contributed by atoms with Crippen LogP contribution in [0.1, 0.15) is 30.3 Å². The molecule has 1 heterocycles. The van der Waals surface area contributed by atoms with Crippen LogP contribution in [0.2, 0.25) is 0 Å². The fraction of sp³-hybridized carbons (Fsp3) is 0.357. The second-order valence-corrected chi connectivity index (χ2v) is 5.19. The van der Waals surface area contributed by atoms with Gasteiger partial charge in [-0.2, -0.15) is 0 Å². The number of nitrogens with one attached hydrogen (secondary N) is 1. The number of hydrogen-bond donors (Lipinski definition) is 1. The maximum absolute atomic E-state index is 14.0. The third-order valence-electron chi connectivity index (χ3n) is 2.81. The van der Waals surface area contributed by atoms with Gasteiger partial charge in [-0.3, -0.25) is 4.98 Å². The van der Waals surface area contributed by atoms with Gasteiger partial charge in [0.25, 0.3) is 0 Å². The second kappa shape index (κ2) is 6.63. The lowest BCUT2D eigenvalue weighted by Crippen LogP contribution is -2.18. The van der Waals surface area contributed by atoms with Gasteiger partial charge in [0, 0.05) is 23.9 Å². The van der Waals surface area contributed by atoms with Crippen LogP contribution in [0.15, 0.2) is 29.9 Å². The van der Waals surface area contributed by atoms with Crippen LogP contribution in [-0.2, 0) is 6.61 Å². The van der Waals surface area contributed by atoms with Gasteiger partial charge in [-0.25, -0.2) is 4.39 Å². The first kappa shape index (κ1) is 14.0. The molecule has 0 bridgehead atoms. The second-order valence-electron chi connectivity index (χ2n) is 4.22. The number of halogens is 1. The third kappa shape index (κ3) is 3.75. The summed E-state index contributed by atoms with van der Waals surface area (Å²) in [4.78, 5) is 4.98. The molecule has 0 aliphatic heterocycles. The van der Waals surface area contributed by atoms with Crippen molar-refractivity contribution < 1.29 is 9.13 Å². The molecule has 5 heteroatoms. The molecule has 0 fully saturated rings. The topological polar surface area (TPSA) is 34.1 Å². The maximum atomic E-state index is 14.0. The van der Waals surface area contributed by atoms with E-state index in [9.17, 15) is 4.39 Å². The molecule has 3 nitrogen and oxygen atoms in total. The predicted octanol–water partition coefficient (Wildman–Crippen LogP) is 3.53. The van der Waals surface area contributed by atoms with E-state index in [1.807, 2.05) is 13.8 Å². The summed E-state index contributed by atoms with van der Waals surface area (Å²) in [5, 5.41) is 3.19. The molecule has 1 unspecified atom stereocenters. The van der Waals surface area contributed by atoms with E-state index < -0.39 is 0 Å². The number of rotatable bonds is 6. The molecular formula is C14H17FN2OS. The van der Waals surface area contributed by atoms with Gasteiger partial charge in [0.05, 0.1) is 10.4 Å². The van der Waals surface area contributed by atoms with Crippen LogP contribution >= 0.6 is 11.3 Å². The van der Waals surface area contributed by atoms with Crippen molar-refractivity contribution in [2.75, 3.05) is 6.54 Å². The molecule has 0 saturated carbocycles. The quantitative estimate of drug-likeness (QED) is 0.879. The Morgan fingerprint density at radius 2 is 2.32 bits per heavy atom. The number of benzene rings is 1. The fourth-order valence-electron chi connectivity index (χ4n) is 1.83. The summed E-state index contributed by atoms with van der Waals surface area (Å²) < 4.78 is 19.5. The molecule has 1 aromatic carbocycles. The SMILES string of the molecule is CCNC(C)c1ccc(OCc2cncs2)cc1F. The molecule has 0 radical (unpaired) electrons. The van der Waals surface area contributed by atoms with Crippen molar-refractivity contribution in [2.24, 2.45) is 0 Å². The van der Waals surface area contributed by atoms with Crippen LogP contribution < -0.4 is 10.1 Å². The lowest BCUT2D eigenvalue weighted by molar-refractivity contribution is 0.307. The molecule has 19 heavy (non-hydrogen) atoms. The first-order valence-electron chi connectivity index (χ1n) is 6.23. The molecule has 0 aliphatic rings. The molecular weight excluding hydrogens is 263 g/mol. The van der Waals surface area contributed by atoms with Crippen molar-refractivity contribution in [2.45, 2.75) is 26.5 Å². The predicted molar refractivity (Wildman–Crippen MR) is 74.9 cm³/mol. The highest BCUT2D eigenvalue weighted by atomic mass is 32.1. The third-order valence-corrected chi connectivity index (χ3v) is 3.57. The van der Waals surface area contributed by atoms with Crippen LogP contribution in [0, 0.1) is 5.82 Å². The van der Waals surface area contributed by atoms with Gasteiger partial charge in [-0.15, -0.1) is 11.3 Å². The van der Waals surface area contributed by atoms with Gasteiger partial charge < -0.3 is 10.1 Å². The first-order valence-corrected chi connectivity index (χ1v) is 7.11. The van der Waals surface area contributed by atoms with Crippen molar-refractivity contribution >= 4 is 11.3 Å². The van der Waals surface area contributed by atoms with E-state index in [2.05, 4.69) is 10.3 Å². The Morgan fingerprint density at radius 1 is 1.47 bits per heavy atom. The Balaban J connectivity index is 2.02. The number of aromatic nitrogens is 1. The molecule has 2 aromatic rings. The molecule has 2 rings (SSSR count). The van der Waals surface area contributed by atoms with E-state index in [1.54, 1.807) is 23.8 Å². The molecule has 1 aromatic heterocycles. The lowest BCUT2D eigenvalue weighted by atomic mass is 10.1. The molecule has 1 atom stereocenters. The summed E-state index contributed by atoms with van der Waals surface area (Å²) in [6, 6.07) is 5.00. The zero-order chi connectivity index (χ0) is 13.7. The highest BCUT2D eigenvalue weighted by molar-refractivity contribution is 7.09. The molecule has 102 valence electrons. The van der Waals surface area contributed by atoms with Crippen molar-refractivity contribution in [1.82, 2.24) is 10.3 Å². The first-order chi connectivity index (χ1) is 9.20. The minimum absolute atomic E-state index is 0.000506. The van der Waals surface area contributed by atoms with Crippen LogP contribution in [-0.4, -0.2) is 11.5 Å². The Morgan fingerprint density at radius 3 is 2.95 bits per heavy atom. The van der Waals surface area contributed by atoms with Crippen LogP contribution in [0.4, 0.5) is 4.39 Å². The van der Waals surface area contributed by atoms with E-state index >= 15 is 0 Å². The summed E-state index contributed by atoms with van der Waals surface area (Å²) in [6.45, 7) is 5.18. The fourth-order valence-corrected chi connectivity index (χ4v) is 2.34. The van der Waals surface area contributed by atoms with Gasteiger partial charge in [0.2, 0.25) is 0 Å². The molecule has 0 aliphatic carbocycles. The van der Waals surface area contributed by atoms with Crippen LogP contribution in [0.3, 0.4) is 0 Å². The van der Waals surface area contributed by atoms with Gasteiger partial charge in [0.1, 0.15) is 18.2 Å². The monoisotopic (exact) mass is 280 g/mol. The number of hydrogen-bond acceptors (Lipinski definition) is 4. The van der Waals surface area contributed by atoms with E-state index in [0.29, 0.717) is 17.9 Å².